The van der Waals surface area contributed by atoms with Gasteiger partial charge in [-0.3, -0.25) is 15.2 Å². The van der Waals surface area contributed by atoms with Crippen LogP contribution in [0, 0.1) is 17.0 Å². The quantitative estimate of drug-likeness (QED) is 0.521. The number of halogens is 2. The maximum absolute atomic E-state index is 12.3. The number of non-ortho nitro benzene ring substituents is 1. The van der Waals surface area contributed by atoms with Gasteiger partial charge in [-0.15, -0.1) is 0 Å². The summed E-state index contributed by atoms with van der Waals surface area (Å²) in [6.07, 6.45) is 1.19. The summed E-state index contributed by atoms with van der Waals surface area (Å²) in [6, 6.07) is 4.91. The number of nitro benzene ring substituents is 1. The Labute approximate surface area is 117 Å². The predicted octanol–water partition coefficient (Wildman–Crippen LogP) is 2.98. The largest absolute Gasteiger partial charge is 0.434 e. The fourth-order valence-corrected chi connectivity index (χ4v) is 1.57. The first kappa shape index (κ1) is 14.6. The summed E-state index contributed by atoms with van der Waals surface area (Å²) in [4.78, 5) is 14.1. The van der Waals surface area contributed by atoms with Crippen molar-refractivity contribution in [2.75, 3.05) is 0 Å². The zero-order valence-corrected chi connectivity index (χ0v) is 10.8. The molecule has 0 saturated heterocycles. The highest BCUT2D eigenvalue weighted by Crippen LogP contribution is 2.25. The number of aromatic amines is 1. The van der Waals surface area contributed by atoms with Crippen LogP contribution in [0.15, 0.2) is 29.3 Å². The zero-order valence-electron chi connectivity index (χ0n) is 10.8. The lowest BCUT2D eigenvalue weighted by atomic mass is 10.2. The summed E-state index contributed by atoms with van der Waals surface area (Å²) in [5.74, 6) is 0.192. The minimum Gasteiger partial charge on any atom is -0.434 e. The minimum atomic E-state index is -3.03. The van der Waals surface area contributed by atoms with Crippen molar-refractivity contribution in [1.82, 2.24) is 10.2 Å². The molecule has 21 heavy (non-hydrogen) atoms. The number of hydrogen-bond donors (Lipinski definition) is 1. The van der Waals surface area contributed by atoms with Gasteiger partial charge < -0.3 is 4.74 Å². The van der Waals surface area contributed by atoms with Crippen molar-refractivity contribution in [3.8, 4) is 5.75 Å². The highest BCUT2D eigenvalue weighted by atomic mass is 19.3. The number of aryl methyl sites for hydroxylation is 1. The van der Waals surface area contributed by atoms with Crippen molar-refractivity contribution < 1.29 is 18.4 Å². The Kier molecular flexibility index (Phi) is 4.21. The van der Waals surface area contributed by atoms with E-state index in [2.05, 4.69) is 19.9 Å². The Morgan fingerprint density at radius 3 is 2.81 bits per heavy atom. The molecular weight excluding hydrogens is 286 g/mol. The van der Waals surface area contributed by atoms with Crippen LogP contribution in [0.5, 0.6) is 5.75 Å². The van der Waals surface area contributed by atoms with E-state index in [1.165, 1.54) is 6.21 Å². The van der Waals surface area contributed by atoms with Crippen molar-refractivity contribution in [3.63, 3.8) is 0 Å². The van der Waals surface area contributed by atoms with E-state index in [0.717, 1.165) is 18.2 Å². The minimum absolute atomic E-state index is 0.0664. The van der Waals surface area contributed by atoms with Gasteiger partial charge in [0.1, 0.15) is 11.6 Å². The molecule has 1 heterocycles. The molecule has 0 atom stereocenters. The van der Waals surface area contributed by atoms with Gasteiger partial charge in [0.15, 0.2) is 0 Å². The molecule has 0 unspecified atom stereocenters. The molecule has 0 radical (unpaired) electrons. The average Bonchev–Trinajstić information content (AvgIpc) is 2.82. The summed E-state index contributed by atoms with van der Waals surface area (Å²) in [5, 5.41) is 17.2. The molecule has 0 aliphatic rings. The van der Waals surface area contributed by atoms with E-state index in [0.29, 0.717) is 11.5 Å². The van der Waals surface area contributed by atoms with Crippen molar-refractivity contribution in [1.29, 1.82) is 0 Å². The topological polar surface area (TPSA) is 93.4 Å². The first-order valence-electron chi connectivity index (χ1n) is 5.75. The molecule has 7 nitrogen and oxygen atoms in total. The number of hydrogen-bond acceptors (Lipinski definition) is 5. The second kappa shape index (κ2) is 6.07. The van der Waals surface area contributed by atoms with Gasteiger partial charge in [0.05, 0.1) is 10.6 Å². The third kappa shape index (κ3) is 3.81. The first-order valence-corrected chi connectivity index (χ1v) is 5.75. The van der Waals surface area contributed by atoms with Gasteiger partial charge in [-0.25, -0.2) is 4.99 Å². The number of rotatable bonds is 5. The number of benzene rings is 1. The zero-order chi connectivity index (χ0) is 15.4. The summed E-state index contributed by atoms with van der Waals surface area (Å²) in [5.41, 5.74) is 0.515. The second-order valence-corrected chi connectivity index (χ2v) is 4.01. The lowest BCUT2D eigenvalue weighted by molar-refractivity contribution is -0.384. The number of nitrogens with zero attached hydrogens (tertiary/aromatic N) is 3. The fourth-order valence-electron chi connectivity index (χ4n) is 1.57. The summed E-state index contributed by atoms with van der Waals surface area (Å²) in [7, 11) is 0. The van der Waals surface area contributed by atoms with Crippen LogP contribution in [-0.2, 0) is 0 Å². The highest BCUT2D eigenvalue weighted by molar-refractivity contribution is 5.86. The summed E-state index contributed by atoms with van der Waals surface area (Å²) in [6.45, 7) is -1.29. The third-order valence-electron chi connectivity index (χ3n) is 2.46. The van der Waals surface area contributed by atoms with E-state index in [1.54, 1.807) is 13.0 Å². The van der Waals surface area contributed by atoms with Gasteiger partial charge >= 0.3 is 6.61 Å². The Morgan fingerprint density at radius 1 is 1.48 bits per heavy atom. The van der Waals surface area contributed by atoms with Gasteiger partial charge in [0.2, 0.25) is 0 Å². The Bertz CT molecular complexity index is 685. The summed E-state index contributed by atoms with van der Waals surface area (Å²) < 4.78 is 28.9. The van der Waals surface area contributed by atoms with Crippen LogP contribution in [0.25, 0.3) is 0 Å². The molecule has 0 amide bonds. The number of alkyl halides is 2. The lowest BCUT2D eigenvalue weighted by Gasteiger charge is -2.07. The van der Waals surface area contributed by atoms with Crippen molar-refractivity contribution in [2.45, 2.75) is 13.5 Å². The van der Waals surface area contributed by atoms with E-state index in [9.17, 15) is 18.9 Å². The highest BCUT2D eigenvalue weighted by Gasteiger charge is 2.13. The maximum atomic E-state index is 12.3. The Morgan fingerprint density at radius 2 is 2.24 bits per heavy atom. The number of ether oxygens (including phenoxy) is 1. The van der Waals surface area contributed by atoms with Crippen molar-refractivity contribution in [3.05, 3.63) is 45.6 Å². The Hall–Kier alpha value is -2.84. The number of aromatic nitrogens is 2. The van der Waals surface area contributed by atoms with Gasteiger partial charge in [-0.05, 0) is 13.0 Å². The molecule has 0 fully saturated rings. The molecule has 0 spiro atoms. The Balaban J connectivity index is 2.35. The van der Waals surface area contributed by atoms with E-state index in [4.69, 9.17) is 0 Å². The van der Waals surface area contributed by atoms with Gasteiger partial charge in [0.25, 0.3) is 5.69 Å². The van der Waals surface area contributed by atoms with Crippen LogP contribution in [0.2, 0.25) is 0 Å². The monoisotopic (exact) mass is 296 g/mol. The molecule has 9 heteroatoms. The molecule has 2 aromatic rings. The number of nitrogens with one attached hydrogen (secondary N) is 1. The predicted molar refractivity (Wildman–Crippen MR) is 70.3 cm³/mol. The maximum Gasteiger partial charge on any atom is 0.387 e. The van der Waals surface area contributed by atoms with Crippen LogP contribution >= 0.6 is 0 Å². The van der Waals surface area contributed by atoms with Crippen molar-refractivity contribution >= 4 is 17.7 Å². The molecule has 0 aliphatic carbocycles. The average molecular weight is 296 g/mol. The van der Waals surface area contributed by atoms with Gasteiger partial charge in [0, 0.05) is 30.0 Å². The lowest BCUT2D eigenvalue weighted by Crippen LogP contribution is -2.04. The normalized spacial score (nSPS) is 11.2. The first-order chi connectivity index (χ1) is 9.95. The number of nitro groups is 1. The van der Waals surface area contributed by atoms with E-state index >= 15 is 0 Å². The standard InChI is InChI=1S/C12H10F2N4O3/c1-7-4-11(17-16-7)15-6-8-5-9(18(19)20)2-3-10(8)21-12(13)14/h2-6,12H,1H3,(H,16,17)/b15-6+. The van der Waals surface area contributed by atoms with Crippen LogP contribution in [-0.4, -0.2) is 27.9 Å². The third-order valence-corrected chi connectivity index (χ3v) is 2.46. The molecule has 0 bridgehead atoms. The molecule has 0 saturated carbocycles. The fraction of sp³-hybridized carbons (Fsp3) is 0.167. The smallest absolute Gasteiger partial charge is 0.387 e. The van der Waals surface area contributed by atoms with Crippen molar-refractivity contribution in [2.24, 2.45) is 4.99 Å². The van der Waals surface area contributed by atoms with Crippen LogP contribution in [0.1, 0.15) is 11.3 Å². The molecule has 110 valence electrons. The van der Waals surface area contributed by atoms with E-state index in [-0.39, 0.29) is 17.0 Å². The SMILES string of the molecule is Cc1cc(/N=C/c2cc([N+](=O)[O-])ccc2OC(F)F)[nH]n1. The van der Waals surface area contributed by atoms with E-state index < -0.39 is 11.5 Å². The molecule has 0 aliphatic heterocycles. The molecule has 1 aromatic heterocycles. The van der Waals surface area contributed by atoms with Crippen LogP contribution < -0.4 is 4.74 Å². The van der Waals surface area contributed by atoms with Gasteiger partial charge in [-0.1, -0.05) is 0 Å². The summed E-state index contributed by atoms with van der Waals surface area (Å²) >= 11 is 0. The van der Waals surface area contributed by atoms with E-state index in [1.807, 2.05) is 0 Å². The number of H-pyrrole nitrogens is 1. The number of aliphatic imine (C=N–C) groups is 1. The molecule has 1 N–H and O–H groups in total. The molecule has 2 rings (SSSR count). The van der Waals surface area contributed by atoms with Gasteiger partial charge in [-0.2, -0.15) is 13.9 Å². The van der Waals surface area contributed by atoms with Crippen LogP contribution in [0.3, 0.4) is 0 Å². The van der Waals surface area contributed by atoms with Crippen LogP contribution in [0.4, 0.5) is 20.3 Å². The second-order valence-electron chi connectivity index (χ2n) is 4.01. The molecule has 1 aromatic carbocycles. The molecular formula is C12H10F2N4O3.